The maximum Gasteiger partial charge on any atom is 0.329 e. The topological polar surface area (TPSA) is 76.2 Å². The second kappa shape index (κ2) is 36.9. The molecule has 2 saturated heterocycles. The van der Waals surface area contributed by atoms with Crippen molar-refractivity contribution < 1.29 is 23.9 Å². The number of nitrogens with zero attached hydrogens (tertiary/aromatic N) is 2. The average molecular weight is 837 g/mol. The van der Waals surface area contributed by atoms with Gasteiger partial charge in [-0.1, -0.05) is 160 Å². The van der Waals surface area contributed by atoms with E-state index in [2.05, 4.69) is 81.2 Å². The maximum atomic E-state index is 13.6. The molecule has 2 rings (SSSR count). The monoisotopic (exact) mass is 837 g/mol. The van der Waals surface area contributed by atoms with E-state index in [4.69, 9.17) is 9.47 Å². The van der Waals surface area contributed by atoms with Crippen LogP contribution in [0.4, 0.5) is 0 Å². The third-order valence-corrected chi connectivity index (χ3v) is 12.6. The Morgan fingerprint density at radius 1 is 0.533 bits per heavy atom. The Hall–Kier alpha value is -2.67. The number of esters is 2. The van der Waals surface area contributed by atoms with E-state index in [1.54, 1.807) is 4.90 Å². The minimum atomic E-state index is -0.685. The molecule has 0 aliphatic carbocycles. The standard InChI is InChI=1S/C53H92N2O5/c1-5-9-11-13-15-17-19-21-23-25-27-29-31-33-35-37-41-59-53(58)50-43-49(60-52(57)39-40-54-44-47(7-3)42-48(8-4)45-54)46-55(50)51(56)38-36-34-32-30-28-26-24-22-20-18-16-14-12-10-6-2/h15-18,21-24,47-50H,5-14,19-20,25-46H2,1-4H3/b17-15-,18-16-,23-21-,24-22-. The van der Waals surface area contributed by atoms with Gasteiger partial charge in [-0.05, 0) is 95.3 Å². The smallest absolute Gasteiger partial charge is 0.329 e. The molecule has 0 bridgehead atoms. The number of unbranched alkanes of at least 4 members (excludes halogenated alkanes) is 17. The molecule has 0 aromatic carbocycles. The summed E-state index contributed by atoms with van der Waals surface area (Å²) in [4.78, 5) is 44.2. The van der Waals surface area contributed by atoms with Crippen LogP contribution < -0.4 is 0 Å². The van der Waals surface area contributed by atoms with Gasteiger partial charge in [0.05, 0.1) is 19.6 Å². The van der Waals surface area contributed by atoms with E-state index in [1.165, 1.54) is 96.3 Å². The Balaban J connectivity index is 1.73. The van der Waals surface area contributed by atoms with Crippen molar-refractivity contribution in [2.45, 2.75) is 226 Å². The second-order valence-electron chi connectivity index (χ2n) is 17.9. The molecule has 60 heavy (non-hydrogen) atoms. The molecule has 0 aromatic heterocycles. The van der Waals surface area contributed by atoms with Gasteiger partial charge in [-0.3, -0.25) is 9.59 Å². The van der Waals surface area contributed by atoms with Crippen molar-refractivity contribution in [3.8, 4) is 0 Å². The number of rotatable bonds is 36. The number of hydrogen-bond donors (Lipinski definition) is 0. The number of carbonyl (C=O) groups is 3. The minimum absolute atomic E-state index is 0.0283. The quantitative estimate of drug-likeness (QED) is 0.0355. The van der Waals surface area contributed by atoms with Gasteiger partial charge in [-0.2, -0.15) is 0 Å². The number of allylic oxidation sites excluding steroid dienone is 8. The van der Waals surface area contributed by atoms with Gasteiger partial charge in [-0.25, -0.2) is 4.79 Å². The summed E-state index contributed by atoms with van der Waals surface area (Å²) in [7, 11) is 0. The molecule has 4 unspecified atom stereocenters. The predicted octanol–water partition coefficient (Wildman–Crippen LogP) is 13.8. The summed E-state index contributed by atoms with van der Waals surface area (Å²) >= 11 is 0. The molecule has 0 aromatic rings. The van der Waals surface area contributed by atoms with Crippen LogP contribution in [0.5, 0.6) is 0 Å². The summed E-state index contributed by atoms with van der Waals surface area (Å²) in [6, 6.07) is -0.685. The zero-order chi connectivity index (χ0) is 43.3. The fourth-order valence-electron chi connectivity index (χ4n) is 8.67. The van der Waals surface area contributed by atoms with Crippen LogP contribution in [0, 0.1) is 11.8 Å². The van der Waals surface area contributed by atoms with Crippen LogP contribution in [0.2, 0.25) is 0 Å². The van der Waals surface area contributed by atoms with Crippen molar-refractivity contribution in [1.82, 2.24) is 9.80 Å². The van der Waals surface area contributed by atoms with Crippen LogP contribution in [0.1, 0.15) is 214 Å². The molecule has 0 saturated carbocycles. The molecule has 4 atom stereocenters. The molecule has 7 heteroatoms. The van der Waals surface area contributed by atoms with E-state index in [0.29, 0.717) is 44.2 Å². The zero-order valence-corrected chi connectivity index (χ0v) is 39.4. The second-order valence-corrected chi connectivity index (χ2v) is 17.9. The first kappa shape index (κ1) is 53.5. The summed E-state index contributed by atoms with van der Waals surface area (Å²) in [5.74, 6) is 0.766. The molecule has 2 fully saturated rings. The van der Waals surface area contributed by atoms with E-state index in [1.807, 2.05) is 0 Å². The lowest BCUT2D eigenvalue weighted by molar-refractivity contribution is -0.153. The minimum Gasteiger partial charge on any atom is -0.464 e. The fraction of sp³-hybridized carbons (Fsp3) is 0.792. The summed E-state index contributed by atoms with van der Waals surface area (Å²) in [6.45, 7) is 12.4. The van der Waals surface area contributed by atoms with Crippen molar-refractivity contribution >= 4 is 17.8 Å². The van der Waals surface area contributed by atoms with Gasteiger partial charge in [-0.15, -0.1) is 0 Å². The van der Waals surface area contributed by atoms with Crippen molar-refractivity contribution in [2.75, 3.05) is 32.8 Å². The lowest BCUT2D eigenvalue weighted by Gasteiger charge is -2.37. The first-order valence-electron chi connectivity index (χ1n) is 25.4. The third kappa shape index (κ3) is 26.6. The van der Waals surface area contributed by atoms with E-state index >= 15 is 0 Å². The van der Waals surface area contributed by atoms with Crippen molar-refractivity contribution in [2.24, 2.45) is 11.8 Å². The highest BCUT2D eigenvalue weighted by molar-refractivity contribution is 5.85. The lowest BCUT2D eigenvalue weighted by Crippen LogP contribution is -2.41. The van der Waals surface area contributed by atoms with Crippen LogP contribution in [-0.4, -0.2) is 72.6 Å². The van der Waals surface area contributed by atoms with E-state index in [0.717, 1.165) is 83.7 Å². The molecule has 0 N–H and O–H groups in total. The summed E-state index contributed by atoms with van der Waals surface area (Å²) in [5.41, 5.74) is 0. The highest BCUT2D eigenvalue weighted by atomic mass is 16.5. The predicted molar refractivity (Wildman–Crippen MR) is 253 cm³/mol. The first-order valence-corrected chi connectivity index (χ1v) is 25.4. The number of piperidine rings is 1. The van der Waals surface area contributed by atoms with E-state index < -0.39 is 12.1 Å². The highest BCUT2D eigenvalue weighted by Gasteiger charge is 2.42. The van der Waals surface area contributed by atoms with Crippen LogP contribution in [0.3, 0.4) is 0 Å². The number of ether oxygens (including phenoxy) is 2. The van der Waals surface area contributed by atoms with Crippen LogP contribution >= 0.6 is 0 Å². The van der Waals surface area contributed by atoms with E-state index in [9.17, 15) is 14.4 Å². The highest BCUT2D eigenvalue weighted by Crippen LogP contribution is 2.27. The van der Waals surface area contributed by atoms with Gasteiger partial charge < -0.3 is 19.3 Å². The van der Waals surface area contributed by atoms with Gasteiger partial charge in [0.15, 0.2) is 0 Å². The molecule has 1 amide bonds. The number of amides is 1. The molecule has 0 spiro atoms. The molecule has 2 aliphatic rings. The Morgan fingerprint density at radius 3 is 1.53 bits per heavy atom. The lowest BCUT2D eigenvalue weighted by atomic mass is 9.86. The number of carbonyl (C=O) groups excluding carboxylic acids is 3. The summed E-state index contributed by atoms with van der Waals surface area (Å²) in [5, 5.41) is 0. The van der Waals surface area contributed by atoms with Crippen LogP contribution in [0.25, 0.3) is 0 Å². The molecular formula is C53H92N2O5. The normalized spacial score (nSPS) is 20.1. The SMILES string of the molecule is CCCCC/C=C\C/C=C\CCCCCCCCOC(=O)C1CC(OC(=O)CCN2CC(CC)CC(CC)C2)CN1C(=O)CCCCCCC/C=C\C/C=C\CCCCC. The Labute approximate surface area is 369 Å². The Bertz CT molecular complexity index is 1200. The van der Waals surface area contributed by atoms with Gasteiger partial charge in [0.25, 0.3) is 0 Å². The van der Waals surface area contributed by atoms with Crippen molar-refractivity contribution in [1.29, 1.82) is 0 Å². The first-order chi connectivity index (χ1) is 29.4. The Morgan fingerprint density at radius 2 is 1.02 bits per heavy atom. The van der Waals surface area contributed by atoms with Crippen molar-refractivity contribution in [3.05, 3.63) is 48.6 Å². The van der Waals surface area contributed by atoms with Crippen LogP contribution in [-0.2, 0) is 23.9 Å². The maximum absolute atomic E-state index is 13.6. The molecule has 2 aliphatic heterocycles. The van der Waals surface area contributed by atoms with Crippen LogP contribution in [0.15, 0.2) is 48.6 Å². The largest absolute Gasteiger partial charge is 0.464 e. The average Bonchev–Trinajstić information content (AvgIpc) is 3.68. The van der Waals surface area contributed by atoms with E-state index in [-0.39, 0.29) is 24.4 Å². The molecule has 2 heterocycles. The summed E-state index contributed by atoms with van der Waals surface area (Å²) < 4.78 is 11.7. The molecular weight excluding hydrogens is 745 g/mol. The molecule has 0 radical (unpaired) electrons. The summed E-state index contributed by atoms with van der Waals surface area (Å²) in [6.07, 6.45) is 48.9. The zero-order valence-electron chi connectivity index (χ0n) is 39.4. The van der Waals surface area contributed by atoms with Gasteiger partial charge in [0.2, 0.25) is 5.91 Å². The Kier molecular flexibility index (Phi) is 32.9. The number of hydrogen-bond acceptors (Lipinski definition) is 6. The third-order valence-electron chi connectivity index (χ3n) is 12.6. The molecule has 344 valence electrons. The fourth-order valence-corrected chi connectivity index (χ4v) is 8.67. The van der Waals surface area contributed by atoms with Gasteiger partial charge in [0.1, 0.15) is 12.1 Å². The number of likely N-dealkylation sites (tertiary alicyclic amines) is 2. The molecule has 7 nitrogen and oxygen atoms in total. The van der Waals surface area contributed by atoms with Gasteiger partial charge >= 0.3 is 11.9 Å². The van der Waals surface area contributed by atoms with Gasteiger partial charge in [0, 0.05) is 32.5 Å². The van der Waals surface area contributed by atoms with Crippen molar-refractivity contribution in [3.63, 3.8) is 0 Å².